The molecule has 46 heavy (non-hydrogen) atoms. The Hall–Kier alpha value is -3.95. The quantitative estimate of drug-likeness (QED) is 0.319. The van der Waals surface area contributed by atoms with Crippen LogP contribution in [-0.4, -0.2) is 69.4 Å². The molecule has 242 valence electrons. The van der Waals surface area contributed by atoms with Crippen LogP contribution in [0.15, 0.2) is 42.7 Å². The van der Waals surface area contributed by atoms with E-state index in [0.29, 0.717) is 50.0 Å². The summed E-state index contributed by atoms with van der Waals surface area (Å²) in [6.45, 7) is 5.74. The number of ether oxygens (including phenoxy) is 1. The highest BCUT2D eigenvalue weighted by Gasteiger charge is 2.48. The average molecular weight is 634 g/mol. The first-order valence-electron chi connectivity index (χ1n) is 16.0. The molecule has 3 aromatic rings. The first kappa shape index (κ1) is 30.7. The number of rotatable bonds is 8. The molecule has 2 saturated heterocycles. The van der Waals surface area contributed by atoms with Gasteiger partial charge in [0.05, 0.1) is 36.8 Å². The van der Waals surface area contributed by atoms with E-state index in [0.717, 1.165) is 43.6 Å². The van der Waals surface area contributed by atoms with Crippen molar-refractivity contribution in [2.45, 2.75) is 63.4 Å². The number of aromatic nitrogens is 3. The van der Waals surface area contributed by atoms with Gasteiger partial charge in [0.1, 0.15) is 12.2 Å². The molecule has 3 aliphatic heterocycles. The van der Waals surface area contributed by atoms with Gasteiger partial charge >= 0.3 is 6.18 Å². The van der Waals surface area contributed by atoms with Gasteiger partial charge in [-0.15, -0.1) is 10.2 Å². The van der Waals surface area contributed by atoms with Gasteiger partial charge in [-0.05, 0) is 85.0 Å². The molecule has 0 radical (unpaired) electrons. The average Bonchev–Trinajstić information content (AvgIpc) is 3.82. The molecule has 4 heterocycles. The number of nitrogens with zero attached hydrogens (tertiary/aromatic N) is 7. The number of anilines is 1. The zero-order valence-electron chi connectivity index (χ0n) is 26.1. The van der Waals surface area contributed by atoms with E-state index < -0.39 is 17.6 Å². The molecular formula is C34H38F3N7O2. The number of carbonyl (C=O) groups excluding carboxylic acids is 1. The molecule has 0 unspecified atom stereocenters. The molecule has 9 nitrogen and oxygen atoms in total. The number of amides is 1. The van der Waals surface area contributed by atoms with Crippen molar-refractivity contribution in [1.82, 2.24) is 24.6 Å². The lowest BCUT2D eigenvalue weighted by atomic mass is 9.58. The third kappa shape index (κ3) is 5.53. The number of halogens is 3. The summed E-state index contributed by atoms with van der Waals surface area (Å²) in [7, 11) is 1.91. The minimum atomic E-state index is -4.59. The Balaban J connectivity index is 1.09. The second-order valence-electron chi connectivity index (χ2n) is 13.6. The van der Waals surface area contributed by atoms with Crippen LogP contribution in [-0.2, 0) is 36.5 Å². The molecule has 1 amide bonds. The first-order valence-corrected chi connectivity index (χ1v) is 16.0. The number of carbonyl (C=O) groups is 1. The number of benzene rings is 2. The summed E-state index contributed by atoms with van der Waals surface area (Å²) in [6, 6.07) is 10.5. The number of fused-ring (bicyclic) bond motifs is 1. The summed E-state index contributed by atoms with van der Waals surface area (Å²) in [5.74, 6) is 1.21. The first-order chi connectivity index (χ1) is 22.0. The highest BCUT2D eigenvalue weighted by atomic mass is 19.4. The van der Waals surface area contributed by atoms with Gasteiger partial charge in [0.2, 0.25) is 0 Å². The van der Waals surface area contributed by atoms with Gasteiger partial charge in [0.15, 0.2) is 6.19 Å². The van der Waals surface area contributed by atoms with Gasteiger partial charge in [-0.25, -0.2) is 0 Å². The zero-order valence-corrected chi connectivity index (χ0v) is 26.1. The van der Waals surface area contributed by atoms with E-state index >= 15 is 0 Å². The fraction of sp³-hybridized carbons (Fsp3) is 0.529. The molecule has 1 saturated carbocycles. The van der Waals surface area contributed by atoms with Crippen molar-refractivity contribution in [2.75, 3.05) is 37.7 Å². The van der Waals surface area contributed by atoms with Crippen LogP contribution in [0.4, 0.5) is 18.9 Å². The minimum absolute atomic E-state index is 0.0302. The fourth-order valence-corrected chi connectivity index (χ4v) is 8.06. The second kappa shape index (κ2) is 11.7. The van der Waals surface area contributed by atoms with Crippen LogP contribution < -0.4 is 4.90 Å². The lowest BCUT2D eigenvalue weighted by Gasteiger charge is -2.46. The minimum Gasteiger partial charge on any atom is -0.376 e. The van der Waals surface area contributed by atoms with Crippen LogP contribution in [0.25, 0.3) is 0 Å². The highest BCUT2D eigenvalue weighted by molar-refractivity contribution is 6.10. The molecule has 0 bridgehead atoms. The van der Waals surface area contributed by atoms with Crippen LogP contribution >= 0.6 is 0 Å². The summed E-state index contributed by atoms with van der Waals surface area (Å²) in [5, 5.41) is 17.6. The number of likely N-dealkylation sites (tertiary alicyclic amines) is 2. The van der Waals surface area contributed by atoms with Crippen LogP contribution in [0.3, 0.4) is 0 Å². The number of nitriles is 1. The largest absolute Gasteiger partial charge is 0.416 e. The number of hydrogen-bond acceptors (Lipinski definition) is 7. The molecule has 4 aliphatic rings. The SMILES string of the molecule is CC1CC(c2cccc(N3Cc4c(cc(CN5CC[C@@H](CO[C@H]6CCN(C#N)C6)C5)cc4C(F)(F)F)C3=O)c2)(c2nncn2C)C1. The molecule has 7 rings (SSSR count). The highest BCUT2D eigenvalue weighted by Crippen LogP contribution is 2.52. The van der Waals surface area contributed by atoms with Gasteiger partial charge in [0, 0.05) is 37.9 Å². The lowest BCUT2D eigenvalue weighted by molar-refractivity contribution is -0.138. The van der Waals surface area contributed by atoms with E-state index in [-0.39, 0.29) is 35.1 Å². The van der Waals surface area contributed by atoms with E-state index in [2.05, 4.69) is 28.2 Å². The van der Waals surface area contributed by atoms with E-state index in [1.54, 1.807) is 23.4 Å². The van der Waals surface area contributed by atoms with E-state index in [9.17, 15) is 18.0 Å². The predicted octanol–water partition coefficient (Wildman–Crippen LogP) is 5.10. The predicted molar refractivity (Wildman–Crippen MR) is 164 cm³/mol. The van der Waals surface area contributed by atoms with Crippen molar-refractivity contribution in [3.63, 3.8) is 0 Å². The Labute approximate surface area is 266 Å². The maximum absolute atomic E-state index is 14.5. The van der Waals surface area contributed by atoms with Gasteiger partial charge in [-0.3, -0.25) is 9.69 Å². The topological polar surface area (TPSA) is 90.5 Å². The van der Waals surface area contributed by atoms with Crippen molar-refractivity contribution >= 4 is 11.6 Å². The molecular weight excluding hydrogens is 595 g/mol. The molecule has 2 aromatic carbocycles. The molecule has 1 aromatic heterocycles. The maximum atomic E-state index is 14.5. The van der Waals surface area contributed by atoms with Crippen molar-refractivity contribution in [1.29, 1.82) is 5.26 Å². The zero-order chi connectivity index (χ0) is 32.2. The maximum Gasteiger partial charge on any atom is 0.416 e. The number of aryl methyl sites for hydroxylation is 1. The summed E-state index contributed by atoms with van der Waals surface area (Å²) >= 11 is 0. The monoisotopic (exact) mass is 633 g/mol. The van der Waals surface area contributed by atoms with E-state index in [1.807, 2.05) is 29.8 Å². The van der Waals surface area contributed by atoms with Gasteiger partial charge in [-0.1, -0.05) is 19.1 Å². The summed E-state index contributed by atoms with van der Waals surface area (Å²) in [6.07, 6.45) is 2.77. The molecule has 12 heteroatoms. The van der Waals surface area contributed by atoms with Crippen LogP contribution in [0.5, 0.6) is 0 Å². The second-order valence-corrected chi connectivity index (χ2v) is 13.6. The standard InChI is InChI=1S/C34H38F3N7O2/c1-22-13-33(14-22,32-40-39-21-41(32)2)25-4-3-5-26(12-25)44-18-29-28(31(44)45)10-24(11-30(29)34(35,36)37)16-42-8-6-23(15-42)19-46-27-7-9-43(17-27)20-38/h3-5,10-12,21-23,27H,6-9,13-19H2,1-2H3/t22?,23-,27+,33?/m1/s1. The molecule has 2 atom stereocenters. The Morgan fingerprint density at radius 3 is 2.65 bits per heavy atom. The van der Waals surface area contributed by atoms with Crippen molar-refractivity contribution in [3.05, 3.63) is 76.4 Å². The normalized spacial score (nSPS) is 26.4. The van der Waals surface area contributed by atoms with Gasteiger partial charge < -0.3 is 19.1 Å². The smallest absolute Gasteiger partial charge is 0.376 e. The fourth-order valence-electron chi connectivity index (χ4n) is 8.06. The van der Waals surface area contributed by atoms with Crippen molar-refractivity contribution in [3.8, 4) is 6.19 Å². The Morgan fingerprint density at radius 2 is 1.96 bits per heavy atom. The third-order valence-corrected chi connectivity index (χ3v) is 10.3. The number of hydrogen-bond donors (Lipinski definition) is 0. The molecule has 1 aliphatic carbocycles. The van der Waals surface area contributed by atoms with Crippen LogP contribution in [0.1, 0.15) is 71.0 Å². The van der Waals surface area contributed by atoms with E-state index in [4.69, 9.17) is 10.00 Å². The van der Waals surface area contributed by atoms with Crippen molar-refractivity contribution in [2.24, 2.45) is 18.9 Å². The number of alkyl halides is 3. The Bertz CT molecular complexity index is 1680. The van der Waals surface area contributed by atoms with E-state index in [1.165, 1.54) is 11.0 Å². The van der Waals surface area contributed by atoms with Gasteiger partial charge in [0.25, 0.3) is 5.91 Å². The summed E-state index contributed by atoms with van der Waals surface area (Å²) < 4.78 is 51.4. The lowest BCUT2D eigenvalue weighted by Crippen LogP contribution is -2.43. The van der Waals surface area contributed by atoms with Crippen LogP contribution in [0, 0.1) is 23.3 Å². The third-order valence-electron chi connectivity index (χ3n) is 10.3. The summed E-state index contributed by atoms with van der Waals surface area (Å²) in [5.41, 5.74) is 1.12. The molecule has 0 spiro atoms. The summed E-state index contributed by atoms with van der Waals surface area (Å²) in [4.78, 5) is 19.1. The molecule has 3 fully saturated rings. The Morgan fingerprint density at radius 1 is 1.13 bits per heavy atom. The molecule has 0 N–H and O–H groups in total. The van der Waals surface area contributed by atoms with Crippen molar-refractivity contribution < 1.29 is 22.7 Å². The Kier molecular flexibility index (Phi) is 7.80. The van der Waals surface area contributed by atoms with Crippen LogP contribution in [0.2, 0.25) is 0 Å². The van der Waals surface area contributed by atoms with Gasteiger partial charge in [-0.2, -0.15) is 18.4 Å².